The van der Waals surface area contributed by atoms with Crippen molar-refractivity contribution >= 4 is 10.1 Å². The van der Waals surface area contributed by atoms with Crippen LogP contribution >= 0.6 is 0 Å². The molecule has 0 radical (unpaired) electrons. The Morgan fingerprint density at radius 1 is 0.783 bits per heavy atom. The Morgan fingerprint density at radius 3 is 1.48 bits per heavy atom. The fraction of sp³-hybridized carbons (Fsp3) is 1.00. The van der Waals surface area contributed by atoms with Gasteiger partial charge in [0.2, 0.25) is 0 Å². The first-order valence-electron chi connectivity index (χ1n) is 9.07. The van der Waals surface area contributed by atoms with Gasteiger partial charge in [-0.1, -0.05) is 90.4 Å². The molecular weight excluding hydrogens is 323 g/mol. The molecule has 0 aliphatic rings. The van der Waals surface area contributed by atoms with Gasteiger partial charge >= 0.3 is 29.6 Å². The van der Waals surface area contributed by atoms with Crippen molar-refractivity contribution in [3.63, 3.8) is 0 Å². The van der Waals surface area contributed by atoms with Crippen LogP contribution in [0, 0.1) is 0 Å². The van der Waals surface area contributed by atoms with Gasteiger partial charge in [-0.15, -0.1) is 0 Å². The Labute approximate surface area is 165 Å². The van der Waals surface area contributed by atoms with Crippen LogP contribution in [-0.4, -0.2) is 29.9 Å². The van der Waals surface area contributed by atoms with Gasteiger partial charge < -0.3 is 9.66 Å². The van der Waals surface area contributed by atoms with E-state index >= 15 is 0 Å². The van der Waals surface area contributed by atoms with Crippen LogP contribution < -0.4 is 29.6 Å². The van der Waals surface area contributed by atoms with E-state index in [0.29, 0.717) is 6.42 Å². The second kappa shape index (κ2) is 17.7. The molecule has 0 rings (SSSR count). The summed E-state index contributed by atoms with van der Waals surface area (Å²) >= 11 is 0. The molecule has 0 aromatic heterocycles. The zero-order valence-electron chi connectivity index (χ0n) is 15.3. The average Bonchev–Trinajstić information content (AvgIpc) is 2.42. The predicted octanol–water partition coefficient (Wildman–Crippen LogP) is 1.38. The molecule has 0 saturated heterocycles. The van der Waals surface area contributed by atoms with Crippen molar-refractivity contribution < 1.29 is 47.6 Å². The predicted molar refractivity (Wildman–Crippen MR) is 90.9 cm³/mol. The molecule has 134 valence electrons. The Bertz CT molecular complexity index is 333. The summed E-state index contributed by atoms with van der Waals surface area (Å²) in [6, 6.07) is 0. The van der Waals surface area contributed by atoms with E-state index in [-0.39, 0.29) is 29.6 Å². The van der Waals surface area contributed by atoms with Crippen LogP contribution in [0.15, 0.2) is 0 Å². The topological polar surface area (TPSA) is 77.4 Å². The average molecular weight is 359 g/mol. The molecule has 0 amide bonds. The van der Waals surface area contributed by atoms with Gasteiger partial charge in [-0.05, 0) is 6.42 Å². The maximum absolute atomic E-state index is 10.5. The first-order chi connectivity index (χ1) is 10.5. The third-order valence-electron chi connectivity index (χ3n) is 4.04. The normalized spacial score (nSPS) is 12.8. The molecule has 0 heterocycles. The number of aliphatic hydroxyl groups excluding tert-OH is 1. The molecule has 0 fully saturated rings. The monoisotopic (exact) mass is 358 g/mol. The van der Waals surface area contributed by atoms with Gasteiger partial charge in [-0.3, -0.25) is 0 Å². The van der Waals surface area contributed by atoms with Crippen molar-refractivity contribution in [1.82, 2.24) is 0 Å². The van der Waals surface area contributed by atoms with Crippen LogP contribution in [0.3, 0.4) is 0 Å². The molecule has 0 spiro atoms. The molecule has 0 aliphatic carbocycles. The second-order valence-electron chi connectivity index (χ2n) is 6.41. The second-order valence-corrected chi connectivity index (χ2v) is 7.86. The van der Waals surface area contributed by atoms with E-state index in [4.69, 9.17) is 0 Å². The van der Waals surface area contributed by atoms with Crippen LogP contribution in [0.2, 0.25) is 0 Å². The fourth-order valence-corrected chi connectivity index (χ4v) is 3.35. The summed E-state index contributed by atoms with van der Waals surface area (Å²) in [7, 11) is -4.29. The van der Waals surface area contributed by atoms with Crippen molar-refractivity contribution in [2.24, 2.45) is 0 Å². The Kier molecular flexibility index (Phi) is 20.1. The van der Waals surface area contributed by atoms with Crippen LogP contribution in [0.5, 0.6) is 0 Å². The van der Waals surface area contributed by atoms with Crippen LogP contribution in [-0.2, 0) is 10.1 Å². The van der Waals surface area contributed by atoms with E-state index in [2.05, 4.69) is 6.92 Å². The minimum Gasteiger partial charge on any atom is -0.748 e. The van der Waals surface area contributed by atoms with E-state index in [9.17, 15) is 18.1 Å². The number of rotatable bonds is 16. The summed E-state index contributed by atoms with van der Waals surface area (Å²) in [5.41, 5.74) is 0. The smallest absolute Gasteiger partial charge is 0.748 e. The molecule has 0 bridgehead atoms. The van der Waals surface area contributed by atoms with Crippen LogP contribution in [0.4, 0.5) is 0 Å². The maximum Gasteiger partial charge on any atom is 1.00 e. The SMILES string of the molecule is CCCCCCCCCCCCCCC[C@@H](O)CS(=O)(=O)[O-].[Na+]. The van der Waals surface area contributed by atoms with Gasteiger partial charge in [0.1, 0.15) is 0 Å². The quantitative estimate of drug-likeness (QED) is 0.257. The van der Waals surface area contributed by atoms with Gasteiger partial charge in [-0.25, -0.2) is 8.42 Å². The van der Waals surface area contributed by atoms with Crippen molar-refractivity contribution in [3.8, 4) is 0 Å². The van der Waals surface area contributed by atoms with Gasteiger partial charge in [0.15, 0.2) is 0 Å². The number of unbranched alkanes of at least 4 members (excludes halogenated alkanes) is 12. The first-order valence-corrected chi connectivity index (χ1v) is 10.6. The third-order valence-corrected chi connectivity index (χ3v) is 4.83. The van der Waals surface area contributed by atoms with Gasteiger partial charge in [0, 0.05) is 0 Å². The number of aliphatic hydroxyl groups is 1. The van der Waals surface area contributed by atoms with E-state index in [1.165, 1.54) is 64.2 Å². The molecule has 0 aromatic carbocycles. The molecular formula is C17H35NaO4S. The summed E-state index contributed by atoms with van der Waals surface area (Å²) in [6.07, 6.45) is 15.7. The summed E-state index contributed by atoms with van der Waals surface area (Å²) in [4.78, 5) is 0. The summed E-state index contributed by atoms with van der Waals surface area (Å²) in [5.74, 6) is -0.648. The zero-order chi connectivity index (χ0) is 16.7. The zero-order valence-corrected chi connectivity index (χ0v) is 18.1. The van der Waals surface area contributed by atoms with Crippen LogP contribution in [0.1, 0.15) is 96.8 Å². The van der Waals surface area contributed by atoms with E-state index in [1.54, 1.807) is 0 Å². The van der Waals surface area contributed by atoms with E-state index in [1.807, 2.05) is 0 Å². The molecule has 0 saturated carbocycles. The molecule has 0 aromatic rings. The Balaban J connectivity index is 0. The van der Waals surface area contributed by atoms with E-state index < -0.39 is 22.0 Å². The minimum absolute atomic E-state index is 0. The van der Waals surface area contributed by atoms with Crippen molar-refractivity contribution in [3.05, 3.63) is 0 Å². The number of hydrogen-bond donors (Lipinski definition) is 1. The molecule has 23 heavy (non-hydrogen) atoms. The number of hydrogen-bond acceptors (Lipinski definition) is 4. The molecule has 6 heteroatoms. The maximum atomic E-state index is 10.5. The standard InChI is InChI=1S/C17H36O4S.Na/c1-2-3-4-5-6-7-8-9-10-11-12-13-14-15-17(18)16-22(19,20)21;/h17-18H,2-16H2,1H3,(H,19,20,21);/q;+1/p-1/t17-;/m1./s1. The molecule has 4 nitrogen and oxygen atoms in total. The third kappa shape index (κ3) is 22.9. The van der Waals surface area contributed by atoms with Crippen LogP contribution in [0.25, 0.3) is 0 Å². The summed E-state index contributed by atoms with van der Waals surface area (Å²) in [6.45, 7) is 2.24. The van der Waals surface area contributed by atoms with Crippen molar-refractivity contribution in [2.75, 3.05) is 5.75 Å². The molecule has 1 N–H and O–H groups in total. The van der Waals surface area contributed by atoms with Crippen molar-refractivity contribution in [1.29, 1.82) is 0 Å². The minimum atomic E-state index is -4.29. The first kappa shape index (κ1) is 26.1. The van der Waals surface area contributed by atoms with Gasteiger partial charge in [0.25, 0.3) is 0 Å². The Hall–Kier alpha value is 0.870. The van der Waals surface area contributed by atoms with Gasteiger partial charge in [-0.2, -0.15) is 0 Å². The molecule has 1 atom stereocenters. The van der Waals surface area contributed by atoms with E-state index in [0.717, 1.165) is 19.3 Å². The molecule has 0 unspecified atom stereocenters. The fourth-order valence-electron chi connectivity index (χ4n) is 2.72. The van der Waals surface area contributed by atoms with Gasteiger partial charge in [0.05, 0.1) is 22.0 Å². The molecule has 0 aliphatic heterocycles. The van der Waals surface area contributed by atoms with Crippen molar-refractivity contribution in [2.45, 2.75) is 103 Å². The summed E-state index contributed by atoms with van der Waals surface area (Å²) in [5, 5.41) is 9.38. The Morgan fingerprint density at radius 2 is 1.13 bits per heavy atom. The summed E-state index contributed by atoms with van der Waals surface area (Å²) < 4.78 is 31.4. The largest absolute Gasteiger partial charge is 1.00 e.